The van der Waals surface area contributed by atoms with Crippen LogP contribution in [-0.2, 0) is 9.53 Å². The second kappa shape index (κ2) is 3.64. The van der Waals surface area contributed by atoms with E-state index in [-0.39, 0.29) is 13.2 Å². The summed E-state index contributed by atoms with van der Waals surface area (Å²) >= 11 is 0. The predicted octanol–water partition coefficient (Wildman–Crippen LogP) is 0.989. The summed E-state index contributed by atoms with van der Waals surface area (Å²) in [6.45, 7) is 0.00179. The fraction of sp³-hybridized carbons (Fsp3) is 0.182. The Hall–Kier alpha value is -1.61. The quantitative estimate of drug-likeness (QED) is 0.707. The van der Waals surface area contributed by atoms with Crippen LogP contribution >= 0.6 is 0 Å². The zero-order valence-electron chi connectivity index (χ0n) is 7.56. The second-order valence-corrected chi connectivity index (χ2v) is 3.06. The van der Waals surface area contributed by atoms with Crippen molar-refractivity contribution in [3.05, 3.63) is 41.5 Å². The van der Waals surface area contributed by atoms with Gasteiger partial charge in [-0.25, -0.2) is 4.79 Å². The lowest BCUT2D eigenvalue weighted by Gasteiger charge is -2.00. The van der Waals surface area contributed by atoms with Crippen LogP contribution in [0.3, 0.4) is 0 Å². The molecule has 0 fully saturated rings. The lowest BCUT2D eigenvalue weighted by atomic mass is 10.0. The highest BCUT2D eigenvalue weighted by Gasteiger charge is 2.24. The Kier molecular flexibility index (Phi) is 2.33. The Labute approximate surface area is 81.6 Å². The number of hydrogen-bond acceptors (Lipinski definition) is 3. The number of cyclic esters (lactones) is 1. The van der Waals surface area contributed by atoms with Crippen LogP contribution in [0.2, 0.25) is 0 Å². The van der Waals surface area contributed by atoms with Gasteiger partial charge >= 0.3 is 5.97 Å². The first kappa shape index (κ1) is 8.97. The summed E-state index contributed by atoms with van der Waals surface area (Å²) in [5.41, 5.74) is 2.09. The highest BCUT2D eigenvalue weighted by atomic mass is 16.5. The molecule has 0 saturated heterocycles. The van der Waals surface area contributed by atoms with Gasteiger partial charge in [-0.2, -0.15) is 0 Å². The van der Waals surface area contributed by atoms with Crippen LogP contribution in [0.25, 0.3) is 5.57 Å². The van der Waals surface area contributed by atoms with Gasteiger partial charge < -0.3 is 9.84 Å². The standard InChI is InChI=1S/C11H10O3/c12-6-9-10(7-14-11(9)13)8-4-2-1-3-5-8/h1-5,12H,6-7H2. The molecule has 1 aromatic rings. The molecule has 0 amide bonds. The number of hydrogen-bond donors (Lipinski definition) is 1. The van der Waals surface area contributed by atoms with Crippen LogP contribution in [0, 0.1) is 0 Å². The number of carbonyl (C=O) groups is 1. The SMILES string of the molecule is O=C1OCC(c2ccccc2)=C1CO. The molecule has 1 aromatic carbocycles. The van der Waals surface area contributed by atoms with Crippen molar-refractivity contribution in [3.8, 4) is 0 Å². The van der Waals surface area contributed by atoms with Gasteiger partial charge in [0, 0.05) is 5.57 Å². The Balaban J connectivity index is 2.44. The molecule has 1 heterocycles. The maximum absolute atomic E-state index is 11.1. The molecule has 1 aliphatic rings. The minimum atomic E-state index is -0.411. The molecule has 0 spiro atoms. The normalized spacial score (nSPS) is 15.9. The zero-order valence-corrected chi connectivity index (χ0v) is 7.56. The Morgan fingerprint density at radius 2 is 2.00 bits per heavy atom. The number of rotatable bonds is 2. The van der Waals surface area contributed by atoms with Gasteiger partial charge in [0.15, 0.2) is 0 Å². The third-order valence-corrected chi connectivity index (χ3v) is 2.24. The van der Waals surface area contributed by atoms with Crippen molar-refractivity contribution in [1.29, 1.82) is 0 Å². The molecule has 0 aliphatic carbocycles. The fourth-order valence-corrected chi connectivity index (χ4v) is 1.49. The van der Waals surface area contributed by atoms with E-state index >= 15 is 0 Å². The summed E-state index contributed by atoms with van der Waals surface area (Å²) in [4.78, 5) is 11.1. The van der Waals surface area contributed by atoms with Crippen LogP contribution in [0.15, 0.2) is 35.9 Å². The van der Waals surface area contributed by atoms with E-state index in [0.29, 0.717) is 5.57 Å². The summed E-state index contributed by atoms with van der Waals surface area (Å²) < 4.78 is 4.85. The molecule has 72 valence electrons. The van der Waals surface area contributed by atoms with Crippen molar-refractivity contribution in [1.82, 2.24) is 0 Å². The van der Waals surface area contributed by atoms with Crippen molar-refractivity contribution in [3.63, 3.8) is 0 Å². The van der Waals surface area contributed by atoms with Crippen molar-refractivity contribution in [2.75, 3.05) is 13.2 Å². The summed E-state index contributed by atoms with van der Waals surface area (Å²) in [6, 6.07) is 9.47. The number of aliphatic hydroxyl groups excluding tert-OH is 1. The van der Waals surface area contributed by atoms with Gasteiger partial charge in [-0.3, -0.25) is 0 Å². The summed E-state index contributed by atoms with van der Waals surface area (Å²) in [5, 5.41) is 9.01. The van der Waals surface area contributed by atoms with E-state index < -0.39 is 5.97 Å². The average molecular weight is 190 g/mol. The van der Waals surface area contributed by atoms with E-state index in [2.05, 4.69) is 0 Å². The van der Waals surface area contributed by atoms with Crippen LogP contribution in [0.4, 0.5) is 0 Å². The molecule has 3 nitrogen and oxygen atoms in total. The molecule has 1 aliphatic heterocycles. The number of benzene rings is 1. The minimum Gasteiger partial charge on any atom is -0.457 e. The molecule has 3 heteroatoms. The van der Waals surface area contributed by atoms with Gasteiger partial charge in [-0.05, 0) is 5.56 Å². The molecule has 0 saturated carbocycles. The van der Waals surface area contributed by atoms with Crippen LogP contribution in [0.1, 0.15) is 5.56 Å². The van der Waals surface area contributed by atoms with Gasteiger partial charge in [-0.15, -0.1) is 0 Å². The third kappa shape index (κ3) is 1.42. The summed E-state index contributed by atoms with van der Waals surface area (Å²) in [6.07, 6.45) is 0. The van der Waals surface area contributed by atoms with Gasteiger partial charge in [0.05, 0.1) is 12.2 Å². The summed E-state index contributed by atoms with van der Waals surface area (Å²) in [5.74, 6) is -0.411. The van der Waals surface area contributed by atoms with E-state index in [1.54, 1.807) is 0 Å². The predicted molar refractivity (Wildman–Crippen MR) is 51.4 cm³/mol. The van der Waals surface area contributed by atoms with Crippen molar-refractivity contribution in [2.24, 2.45) is 0 Å². The van der Waals surface area contributed by atoms with Crippen molar-refractivity contribution >= 4 is 11.5 Å². The van der Waals surface area contributed by atoms with E-state index in [1.807, 2.05) is 30.3 Å². The number of esters is 1. The molecule has 0 bridgehead atoms. The number of aliphatic hydroxyl groups is 1. The highest BCUT2D eigenvalue weighted by Crippen LogP contribution is 2.24. The second-order valence-electron chi connectivity index (χ2n) is 3.06. The van der Waals surface area contributed by atoms with Crippen molar-refractivity contribution < 1.29 is 14.6 Å². The molecule has 0 radical (unpaired) electrons. The molecule has 0 atom stereocenters. The fourth-order valence-electron chi connectivity index (χ4n) is 1.49. The van der Waals surface area contributed by atoms with Gasteiger partial charge in [0.25, 0.3) is 0 Å². The largest absolute Gasteiger partial charge is 0.457 e. The van der Waals surface area contributed by atoms with E-state index in [1.165, 1.54) is 0 Å². The van der Waals surface area contributed by atoms with Crippen LogP contribution in [0.5, 0.6) is 0 Å². The Morgan fingerprint density at radius 3 is 2.64 bits per heavy atom. The smallest absolute Gasteiger partial charge is 0.337 e. The highest BCUT2D eigenvalue weighted by molar-refractivity contribution is 6.01. The van der Waals surface area contributed by atoms with Gasteiger partial charge in [0.1, 0.15) is 6.61 Å². The Bertz CT molecular complexity index is 379. The topological polar surface area (TPSA) is 46.5 Å². The third-order valence-electron chi connectivity index (χ3n) is 2.24. The van der Waals surface area contributed by atoms with Crippen LogP contribution in [-0.4, -0.2) is 24.3 Å². The minimum absolute atomic E-state index is 0.261. The number of ether oxygens (including phenoxy) is 1. The molecule has 0 unspecified atom stereocenters. The van der Waals surface area contributed by atoms with Gasteiger partial charge in [0.2, 0.25) is 0 Å². The molecule has 14 heavy (non-hydrogen) atoms. The lowest BCUT2D eigenvalue weighted by Crippen LogP contribution is -2.02. The molecular formula is C11H10O3. The van der Waals surface area contributed by atoms with Crippen LogP contribution < -0.4 is 0 Å². The molecule has 1 N–H and O–H groups in total. The molecular weight excluding hydrogens is 180 g/mol. The van der Waals surface area contributed by atoms with E-state index in [0.717, 1.165) is 11.1 Å². The monoisotopic (exact) mass is 190 g/mol. The summed E-state index contributed by atoms with van der Waals surface area (Å²) in [7, 11) is 0. The zero-order chi connectivity index (χ0) is 9.97. The maximum Gasteiger partial charge on any atom is 0.337 e. The first-order valence-electron chi connectivity index (χ1n) is 4.38. The maximum atomic E-state index is 11.1. The average Bonchev–Trinajstić information content (AvgIpc) is 2.61. The first-order valence-corrected chi connectivity index (χ1v) is 4.38. The van der Waals surface area contributed by atoms with Gasteiger partial charge in [-0.1, -0.05) is 30.3 Å². The molecule has 2 rings (SSSR count). The number of carbonyl (C=O) groups excluding carboxylic acids is 1. The van der Waals surface area contributed by atoms with Crippen molar-refractivity contribution in [2.45, 2.75) is 0 Å². The van der Waals surface area contributed by atoms with E-state index in [9.17, 15) is 4.79 Å². The lowest BCUT2D eigenvalue weighted by molar-refractivity contribution is -0.136. The first-order chi connectivity index (χ1) is 6.83. The van der Waals surface area contributed by atoms with E-state index in [4.69, 9.17) is 9.84 Å². The Morgan fingerprint density at radius 1 is 1.29 bits per heavy atom. The molecule has 0 aromatic heterocycles.